The van der Waals surface area contributed by atoms with Gasteiger partial charge in [-0.3, -0.25) is 0 Å². The Balaban J connectivity index is 1.49. The molecule has 0 aromatic heterocycles. The highest BCUT2D eigenvalue weighted by molar-refractivity contribution is 5.64. The van der Waals surface area contributed by atoms with Crippen LogP contribution in [-0.4, -0.2) is 0 Å². The maximum absolute atomic E-state index is 14.5. The molecule has 0 amide bonds. The van der Waals surface area contributed by atoms with Gasteiger partial charge in [0.15, 0.2) is 0 Å². The van der Waals surface area contributed by atoms with Crippen LogP contribution in [0.2, 0.25) is 0 Å². The number of unbranched alkanes of at least 4 members (excludes halogenated alkanes) is 2. The summed E-state index contributed by atoms with van der Waals surface area (Å²) in [4.78, 5) is 0. The first-order valence-corrected chi connectivity index (χ1v) is 10.7. The summed E-state index contributed by atoms with van der Waals surface area (Å²) >= 11 is 0. The van der Waals surface area contributed by atoms with Gasteiger partial charge < -0.3 is 0 Å². The van der Waals surface area contributed by atoms with Crippen LogP contribution in [0.1, 0.15) is 70.3 Å². The molecule has 0 aliphatic heterocycles. The monoisotopic (exact) mass is 370 g/mol. The lowest BCUT2D eigenvalue weighted by molar-refractivity contribution is 0.249. The second-order valence-electron chi connectivity index (χ2n) is 8.25. The smallest absolute Gasteiger partial charge is 0.131 e. The highest BCUT2D eigenvalue weighted by Gasteiger charge is 2.20. The van der Waals surface area contributed by atoms with E-state index in [4.69, 9.17) is 0 Å². The summed E-state index contributed by atoms with van der Waals surface area (Å²) in [6.07, 6.45) is 13.0. The average Bonchev–Trinajstić information content (AvgIpc) is 2.67. The quantitative estimate of drug-likeness (QED) is 0.414. The molecule has 0 heterocycles. The predicted molar refractivity (Wildman–Crippen MR) is 110 cm³/mol. The van der Waals surface area contributed by atoms with Crippen molar-refractivity contribution in [2.75, 3.05) is 0 Å². The minimum atomic E-state index is -0.332. The van der Waals surface area contributed by atoms with E-state index in [2.05, 4.69) is 6.92 Å². The molecule has 0 spiro atoms. The van der Waals surface area contributed by atoms with Gasteiger partial charge in [-0.15, -0.1) is 0 Å². The van der Waals surface area contributed by atoms with Gasteiger partial charge in [-0.25, -0.2) is 8.78 Å². The Labute approximate surface area is 163 Å². The Morgan fingerprint density at radius 3 is 2.26 bits per heavy atom. The zero-order valence-corrected chi connectivity index (χ0v) is 16.5. The number of hydrogen-bond acceptors (Lipinski definition) is 0. The summed E-state index contributed by atoms with van der Waals surface area (Å²) in [5.41, 5.74) is 2.13. The molecule has 0 unspecified atom stereocenters. The van der Waals surface area contributed by atoms with Gasteiger partial charge in [-0.1, -0.05) is 82.6 Å². The van der Waals surface area contributed by atoms with E-state index in [0.717, 1.165) is 30.2 Å². The number of rotatable bonds is 8. The summed E-state index contributed by atoms with van der Waals surface area (Å²) in [5.74, 6) is 1.15. The number of benzene rings is 2. The molecule has 3 rings (SSSR count). The Bertz CT molecular complexity index is 714. The average molecular weight is 371 g/mol. The minimum absolute atomic E-state index is 0.252. The van der Waals surface area contributed by atoms with Gasteiger partial charge >= 0.3 is 0 Å². The van der Waals surface area contributed by atoms with Gasteiger partial charge in [0.25, 0.3) is 0 Å². The number of halogens is 2. The van der Waals surface area contributed by atoms with Crippen LogP contribution in [0.25, 0.3) is 11.1 Å². The molecule has 1 fully saturated rings. The lowest BCUT2D eigenvalue weighted by Gasteiger charge is -2.28. The zero-order chi connectivity index (χ0) is 19.1. The highest BCUT2D eigenvalue weighted by Crippen LogP contribution is 2.34. The number of aryl methyl sites for hydroxylation is 1. The maximum atomic E-state index is 14.5. The maximum Gasteiger partial charge on any atom is 0.131 e. The molecule has 0 radical (unpaired) electrons. The fourth-order valence-electron chi connectivity index (χ4n) is 4.47. The molecule has 1 aliphatic carbocycles. The molecule has 27 heavy (non-hydrogen) atoms. The lowest BCUT2D eigenvalue weighted by Crippen LogP contribution is -2.15. The molecule has 2 aromatic carbocycles. The van der Waals surface area contributed by atoms with E-state index in [1.54, 1.807) is 24.3 Å². The second kappa shape index (κ2) is 10.0. The molecule has 0 nitrogen and oxygen atoms in total. The Morgan fingerprint density at radius 1 is 0.852 bits per heavy atom. The van der Waals surface area contributed by atoms with E-state index >= 15 is 0 Å². The Morgan fingerprint density at radius 2 is 1.59 bits per heavy atom. The molecular weight excluding hydrogens is 338 g/mol. The van der Waals surface area contributed by atoms with Crippen LogP contribution in [-0.2, 0) is 6.42 Å². The topological polar surface area (TPSA) is 0 Å². The molecular formula is C25H32F2. The van der Waals surface area contributed by atoms with Gasteiger partial charge in [-0.2, -0.15) is 0 Å². The van der Waals surface area contributed by atoms with Crippen LogP contribution in [0.15, 0.2) is 42.5 Å². The predicted octanol–water partition coefficient (Wildman–Crippen LogP) is 7.95. The van der Waals surface area contributed by atoms with Crippen molar-refractivity contribution in [3.8, 4) is 11.1 Å². The zero-order valence-electron chi connectivity index (χ0n) is 16.5. The van der Waals surface area contributed by atoms with Gasteiger partial charge in [-0.05, 0) is 54.0 Å². The van der Waals surface area contributed by atoms with Crippen molar-refractivity contribution in [3.05, 3.63) is 59.7 Å². The van der Waals surface area contributed by atoms with Gasteiger partial charge in [0.05, 0.1) is 0 Å². The first kappa shape index (κ1) is 20.0. The van der Waals surface area contributed by atoms with E-state index in [1.165, 1.54) is 63.5 Å². The molecule has 2 heteroatoms. The first-order chi connectivity index (χ1) is 13.2. The van der Waals surface area contributed by atoms with Gasteiger partial charge in [0, 0.05) is 5.56 Å². The number of hydrogen-bond donors (Lipinski definition) is 0. The fourth-order valence-corrected chi connectivity index (χ4v) is 4.47. The van der Waals surface area contributed by atoms with Crippen LogP contribution < -0.4 is 0 Å². The van der Waals surface area contributed by atoms with Crippen LogP contribution in [0.3, 0.4) is 0 Å². The summed E-state index contributed by atoms with van der Waals surface area (Å²) < 4.78 is 27.9. The summed E-state index contributed by atoms with van der Waals surface area (Å²) in [6, 6.07) is 11.6. The summed E-state index contributed by atoms with van der Waals surface area (Å²) in [5, 5.41) is 0. The van der Waals surface area contributed by atoms with Crippen molar-refractivity contribution in [1.29, 1.82) is 0 Å². The van der Waals surface area contributed by atoms with E-state index in [9.17, 15) is 8.78 Å². The van der Waals surface area contributed by atoms with Crippen LogP contribution in [0.4, 0.5) is 8.78 Å². The summed E-state index contributed by atoms with van der Waals surface area (Å²) in [6.45, 7) is 2.27. The van der Waals surface area contributed by atoms with Crippen molar-refractivity contribution in [3.63, 3.8) is 0 Å². The minimum Gasteiger partial charge on any atom is -0.207 e. The third-order valence-electron chi connectivity index (χ3n) is 6.19. The van der Waals surface area contributed by atoms with Crippen molar-refractivity contribution in [2.45, 2.75) is 71.1 Å². The molecule has 1 aliphatic rings. The molecule has 0 N–H and O–H groups in total. The molecule has 1 saturated carbocycles. The molecule has 0 saturated heterocycles. The van der Waals surface area contributed by atoms with E-state index < -0.39 is 0 Å². The van der Waals surface area contributed by atoms with E-state index in [1.807, 2.05) is 6.07 Å². The van der Waals surface area contributed by atoms with Gasteiger partial charge in [0.2, 0.25) is 0 Å². The largest absolute Gasteiger partial charge is 0.207 e. The normalized spacial score (nSPS) is 20.0. The summed E-state index contributed by atoms with van der Waals surface area (Å²) in [7, 11) is 0. The third-order valence-corrected chi connectivity index (χ3v) is 6.19. The molecule has 2 aromatic rings. The lowest BCUT2D eigenvalue weighted by atomic mass is 9.78. The third kappa shape index (κ3) is 5.89. The van der Waals surface area contributed by atoms with Crippen LogP contribution in [0.5, 0.6) is 0 Å². The van der Waals surface area contributed by atoms with Crippen molar-refractivity contribution in [1.82, 2.24) is 0 Å². The SMILES string of the molecule is CCCCCC1CCC(CCc2ccc(-c3cccc(F)c3)c(F)c2)CC1. The van der Waals surface area contributed by atoms with Crippen molar-refractivity contribution >= 4 is 0 Å². The Kier molecular flexibility index (Phi) is 7.43. The van der Waals surface area contributed by atoms with E-state index in [0.29, 0.717) is 11.1 Å². The molecule has 0 atom stereocenters. The van der Waals surface area contributed by atoms with Crippen molar-refractivity contribution in [2.24, 2.45) is 11.8 Å². The van der Waals surface area contributed by atoms with Gasteiger partial charge in [0.1, 0.15) is 11.6 Å². The fraction of sp³-hybridized carbons (Fsp3) is 0.520. The second-order valence-corrected chi connectivity index (χ2v) is 8.25. The standard InChI is InChI=1S/C25H32F2/c1-2-3-4-6-19-9-11-20(12-10-19)13-14-21-15-16-24(25(27)17-21)22-7-5-8-23(26)18-22/h5,7-8,15-20H,2-4,6,9-14H2,1H3. The Hall–Kier alpha value is -1.70. The highest BCUT2D eigenvalue weighted by atomic mass is 19.1. The van der Waals surface area contributed by atoms with Crippen LogP contribution >= 0.6 is 0 Å². The van der Waals surface area contributed by atoms with E-state index in [-0.39, 0.29) is 11.6 Å². The van der Waals surface area contributed by atoms with Crippen molar-refractivity contribution < 1.29 is 8.78 Å². The van der Waals surface area contributed by atoms with Crippen LogP contribution in [0, 0.1) is 23.5 Å². The molecule has 0 bridgehead atoms. The molecule has 146 valence electrons. The first-order valence-electron chi connectivity index (χ1n) is 10.7.